The Kier molecular flexibility index (Phi) is 8.09. The van der Waals surface area contributed by atoms with Crippen LogP contribution >= 0.6 is 0 Å². The normalized spacial score (nSPS) is 11.1. The lowest BCUT2D eigenvalue weighted by Crippen LogP contribution is -2.26. The molecule has 0 atom stereocenters. The molecule has 6 heteroatoms. The van der Waals surface area contributed by atoms with Gasteiger partial charge in [-0.2, -0.15) is 0 Å². The van der Waals surface area contributed by atoms with E-state index in [1.54, 1.807) is 50.2 Å². The molecule has 0 spiro atoms. The third-order valence-electron chi connectivity index (χ3n) is 5.40. The Balaban J connectivity index is 1.78. The van der Waals surface area contributed by atoms with Gasteiger partial charge in [0, 0.05) is 19.2 Å². The van der Waals surface area contributed by atoms with E-state index in [4.69, 9.17) is 9.47 Å². The van der Waals surface area contributed by atoms with Crippen LogP contribution in [0.2, 0.25) is 0 Å². The molecule has 0 fully saturated rings. The number of carbonyl (C=O) groups excluding carboxylic acids is 1. The number of aryl methyl sites for hydroxylation is 1. The number of benzene rings is 3. The molecule has 1 N–H and O–H groups in total. The minimum absolute atomic E-state index is 0.0658. The number of carboxylic acids is 1. The molecule has 0 aromatic heterocycles. The van der Waals surface area contributed by atoms with Gasteiger partial charge in [-0.3, -0.25) is 4.79 Å². The van der Waals surface area contributed by atoms with Crippen LogP contribution in [-0.4, -0.2) is 42.6 Å². The van der Waals surface area contributed by atoms with Gasteiger partial charge in [-0.25, -0.2) is 4.79 Å². The predicted octanol–water partition coefficient (Wildman–Crippen LogP) is 5.40. The first-order valence-corrected chi connectivity index (χ1v) is 11.0. The van der Waals surface area contributed by atoms with E-state index in [1.165, 1.54) is 6.08 Å². The Morgan fingerprint density at radius 1 is 1.03 bits per heavy atom. The van der Waals surface area contributed by atoms with E-state index >= 15 is 0 Å². The van der Waals surface area contributed by atoms with Crippen molar-refractivity contribution < 1.29 is 24.2 Å². The molecule has 6 nitrogen and oxygen atoms in total. The van der Waals surface area contributed by atoms with Gasteiger partial charge in [0.05, 0.1) is 13.7 Å². The van der Waals surface area contributed by atoms with Crippen LogP contribution in [0, 0.1) is 6.92 Å². The van der Waals surface area contributed by atoms with Crippen LogP contribution in [0.1, 0.15) is 34.0 Å². The second kappa shape index (κ2) is 11.2. The quantitative estimate of drug-likeness (QED) is 0.342. The maximum absolute atomic E-state index is 12.8. The highest BCUT2D eigenvalue weighted by Gasteiger charge is 2.13. The summed E-state index contributed by atoms with van der Waals surface area (Å²) in [5.41, 5.74) is 5.44. The van der Waals surface area contributed by atoms with E-state index in [2.05, 4.69) is 6.07 Å². The highest BCUT2D eigenvalue weighted by atomic mass is 16.5. The van der Waals surface area contributed by atoms with Gasteiger partial charge in [0.2, 0.25) is 5.76 Å². The van der Waals surface area contributed by atoms with Gasteiger partial charge in [0.25, 0.3) is 5.91 Å². The van der Waals surface area contributed by atoms with Crippen LogP contribution in [0.5, 0.6) is 5.75 Å². The van der Waals surface area contributed by atoms with Crippen molar-refractivity contribution in [1.82, 2.24) is 4.90 Å². The fraction of sp³-hybridized carbons (Fsp3) is 0.214. The SMILES string of the molecule is CCOC(=Cc1ccc(-c2cccc(CN(C)C(=O)c3ccc(OC)cc3)c2)c(C)c1)C(=O)O. The maximum Gasteiger partial charge on any atom is 0.371 e. The summed E-state index contributed by atoms with van der Waals surface area (Å²) < 4.78 is 10.4. The summed E-state index contributed by atoms with van der Waals surface area (Å²) in [5, 5.41) is 9.28. The number of aliphatic carboxylic acids is 1. The fourth-order valence-corrected chi connectivity index (χ4v) is 3.71. The van der Waals surface area contributed by atoms with E-state index < -0.39 is 5.97 Å². The summed E-state index contributed by atoms with van der Waals surface area (Å²) in [4.78, 5) is 25.8. The number of rotatable bonds is 9. The lowest BCUT2D eigenvalue weighted by molar-refractivity contribution is -0.136. The van der Waals surface area contributed by atoms with E-state index in [1.807, 2.05) is 43.3 Å². The summed E-state index contributed by atoms with van der Waals surface area (Å²) in [6.07, 6.45) is 1.53. The summed E-state index contributed by atoms with van der Waals surface area (Å²) in [5.74, 6) is -0.532. The number of amides is 1. The van der Waals surface area contributed by atoms with Crippen molar-refractivity contribution in [3.8, 4) is 16.9 Å². The molecule has 0 saturated heterocycles. The van der Waals surface area contributed by atoms with Crippen molar-refractivity contribution in [2.24, 2.45) is 0 Å². The van der Waals surface area contributed by atoms with E-state index in [-0.39, 0.29) is 18.3 Å². The standard InChI is InChI=1S/C28H29NO5/c1-5-34-26(28(31)32)17-20-9-14-25(19(2)15-20)23-8-6-7-21(16-23)18-29(3)27(30)22-10-12-24(33-4)13-11-22/h6-17H,5,18H2,1-4H3,(H,31,32). The minimum atomic E-state index is -1.09. The first-order valence-electron chi connectivity index (χ1n) is 11.0. The number of hydrogen-bond acceptors (Lipinski definition) is 4. The van der Waals surface area contributed by atoms with Gasteiger partial charge in [-0.05, 0) is 78.1 Å². The molecule has 3 rings (SSSR count). The molecule has 176 valence electrons. The first-order chi connectivity index (χ1) is 16.3. The topological polar surface area (TPSA) is 76.1 Å². The average molecular weight is 460 g/mol. The zero-order valence-corrected chi connectivity index (χ0v) is 19.9. The Morgan fingerprint density at radius 2 is 1.76 bits per heavy atom. The van der Waals surface area contributed by atoms with Crippen molar-refractivity contribution in [2.75, 3.05) is 20.8 Å². The third-order valence-corrected chi connectivity index (χ3v) is 5.40. The molecule has 0 aliphatic rings. The molecule has 0 saturated carbocycles. The van der Waals surface area contributed by atoms with Crippen LogP contribution in [-0.2, 0) is 16.1 Å². The average Bonchev–Trinajstić information content (AvgIpc) is 2.83. The summed E-state index contributed by atoms with van der Waals surface area (Å²) in [6, 6.07) is 20.9. The molecule has 34 heavy (non-hydrogen) atoms. The van der Waals surface area contributed by atoms with Crippen LogP contribution < -0.4 is 4.74 Å². The highest BCUT2D eigenvalue weighted by molar-refractivity contribution is 5.94. The number of carboxylic acid groups (broad SMARTS) is 1. The molecule has 0 bridgehead atoms. The maximum atomic E-state index is 12.8. The van der Waals surface area contributed by atoms with E-state index in [0.29, 0.717) is 17.9 Å². The second-order valence-electron chi connectivity index (χ2n) is 7.91. The van der Waals surface area contributed by atoms with Gasteiger partial charge >= 0.3 is 5.97 Å². The Labute approximate surface area is 200 Å². The predicted molar refractivity (Wildman–Crippen MR) is 133 cm³/mol. The number of nitrogens with zero attached hydrogens (tertiary/aromatic N) is 1. The van der Waals surface area contributed by atoms with Crippen LogP contribution in [0.15, 0.2) is 72.5 Å². The Bertz CT molecular complexity index is 1200. The lowest BCUT2D eigenvalue weighted by Gasteiger charge is -2.18. The van der Waals surface area contributed by atoms with Gasteiger partial charge in [0.1, 0.15) is 5.75 Å². The smallest absolute Gasteiger partial charge is 0.371 e. The molecule has 0 aliphatic heterocycles. The number of carbonyl (C=O) groups is 2. The largest absolute Gasteiger partial charge is 0.497 e. The Morgan fingerprint density at radius 3 is 2.38 bits per heavy atom. The molecule has 0 aliphatic carbocycles. The fourth-order valence-electron chi connectivity index (χ4n) is 3.71. The molecular formula is C28H29NO5. The molecule has 1 amide bonds. The number of methoxy groups -OCH3 is 1. The molecular weight excluding hydrogens is 430 g/mol. The molecule has 0 unspecified atom stereocenters. The summed E-state index contributed by atoms with van der Waals surface area (Å²) in [6.45, 7) is 4.49. The number of hydrogen-bond donors (Lipinski definition) is 1. The monoisotopic (exact) mass is 459 g/mol. The van der Waals surface area contributed by atoms with Crippen LogP contribution in [0.4, 0.5) is 0 Å². The zero-order chi connectivity index (χ0) is 24.7. The third kappa shape index (κ3) is 6.04. The van der Waals surface area contributed by atoms with Crippen molar-refractivity contribution in [1.29, 1.82) is 0 Å². The molecule has 3 aromatic rings. The van der Waals surface area contributed by atoms with Crippen LogP contribution in [0.3, 0.4) is 0 Å². The van der Waals surface area contributed by atoms with Gasteiger partial charge in [0.15, 0.2) is 0 Å². The van der Waals surface area contributed by atoms with Crippen LogP contribution in [0.25, 0.3) is 17.2 Å². The van der Waals surface area contributed by atoms with Gasteiger partial charge in [-0.15, -0.1) is 0 Å². The second-order valence-corrected chi connectivity index (χ2v) is 7.91. The molecule has 0 heterocycles. The Hall–Kier alpha value is -4.06. The van der Waals surface area contributed by atoms with Crippen molar-refractivity contribution >= 4 is 18.0 Å². The van der Waals surface area contributed by atoms with Gasteiger partial charge < -0.3 is 19.5 Å². The number of ether oxygens (including phenoxy) is 2. The van der Waals surface area contributed by atoms with Crippen molar-refractivity contribution in [2.45, 2.75) is 20.4 Å². The summed E-state index contributed by atoms with van der Waals surface area (Å²) >= 11 is 0. The highest BCUT2D eigenvalue weighted by Crippen LogP contribution is 2.26. The molecule has 0 radical (unpaired) electrons. The van der Waals surface area contributed by atoms with E-state index in [9.17, 15) is 14.7 Å². The van der Waals surface area contributed by atoms with Crippen molar-refractivity contribution in [3.63, 3.8) is 0 Å². The van der Waals surface area contributed by atoms with Gasteiger partial charge in [-0.1, -0.05) is 36.4 Å². The zero-order valence-electron chi connectivity index (χ0n) is 19.9. The minimum Gasteiger partial charge on any atom is -0.497 e. The van der Waals surface area contributed by atoms with E-state index in [0.717, 1.165) is 27.8 Å². The molecule has 3 aromatic carbocycles. The summed E-state index contributed by atoms with van der Waals surface area (Å²) in [7, 11) is 3.38. The first kappa shape index (κ1) is 24.6. The van der Waals surface area contributed by atoms with Crippen molar-refractivity contribution in [3.05, 3.63) is 94.7 Å². The lowest BCUT2D eigenvalue weighted by atomic mass is 9.96.